The third-order valence-electron chi connectivity index (χ3n) is 4.57. The predicted octanol–water partition coefficient (Wildman–Crippen LogP) is 2.66. The molecule has 2 aliphatic rings. The maximum atomic E-state index is 5.09. The molecule has 1 unspecified atom stereocenters. The molecule has 0 saturated carbocycles. The molecule has 3 heteroatoms. The first kappa shape index (κ1) is 13.2. The Labute approximate surface area is 121 Å². The normalized spacial score (nSPS) is 25.0. The summed E-state index contributed by atoms with van der Waals surface area (Å²) in [5.41, 5.74) is 4.26. The van der Waals surface area contributed by atoms with Crippen LogP contribution < -0.4 is 0 Å². The lowest BCUT2D eigenvalue weighted by atomic mass is 9.85. The van der Waals surface area contributed by atoms with E-state index in [-0.39, 0.29) is 0 Å². The van der Waals surface area contributed by atoms with Gasteiger partial charge in [0, 0.05) is 37.6 Å². The van der Waals surface area contributed by atoms with Crippen molar-refractivity contribution in [2.75, 3.05) is 33.2 Å². The minimum absolute atomic E-state index is 0.618. The van der Waals surface area contributed by atoms with E-state index in [2.05, 4.69) is 35.0 Å². The number of hydrogen-bond acceptors (Lipinski definition) is 3. The summed E-state index contributed by atoms with van der Waals surface area (Å²) in [6.45, 7) is 4.78. The second-order valence-electron chi connectivity index (χ2n) is 5.82. The van der Waals surface area contributed by atoms with E-state index in [0.717, 1.165) is 0 Å². The largest absolute Gasteiger partial charge is 0.304 e. The number of piperazine rings is 1. The van der Waals surface area contributed by atoms with E-state index in [9.17, 15) is 0 Å². The summed E-state index contributed by atoms with van der Waals surface area (Å²) in [4.78, 5) is 5.10. The molecule has 2 nitrogen and oxygen atoms in total. The van der Waals surface area contributed by atoms with E-state index in [1.165, 1.54) is 62.1 Å². The van der Waals surface area contributed by atoms with Crippen molar-refractivity contribution in [3.8, 4) is 0 Å². The van der Waals surface area contributed by atoms with E-state index in [1.807, 2.05) is 0 Å². The van der Waals surface area contributed by atoms with Gasteiger partial charge in [0.15, 0.2) is 0 Å². The van der Waals surface area contributed by atoms with Gasteiger partial charge in [-0.15, -0.1) is 0 Å². The predicted molar refractivity (Wildman–Crippen MR) is 83.9 cm³/mol. The molecule has 0 bridgehead atoms. The average molecular weight is 274 g/mol. The fraction of sp³-hybridized carbons (Fsp3) is 0.562. The summed E-state index contributed by atoms with van der Waals surface area (Å²) in [6, 6.07) is 7.39. The summed E-state index contributed by atoms with van der Waals surface area (Å²) in [6.07, 6.45) is 3.86. The van der Waals surface area contributed by atoms with Crippen LogP contribution in [0.2, 0.25) is 0 Å². The van der Waals surface area contributed by atoms with Gasteiger partial charge in [-0.05, 0) is 49.1 Å². The molecule has 0 aromatic heterocycles. The van der Waals surface area contributed by atoms with Crippen LogP contribution in [-0.4, -0.2) is 48.4 Å². The van der Waals surface area contributed by atoms with Crippen LogP contribution >= 0.6 is 12.2 Å². The van der Waals surface area contributed by atoms with Crippen molar-refractivity contribution in [1.82, 2.24) is 9.80 Å². The minimum atomic E-state index is 0.618. The number of rotatable bonds is 2. The molecule has 0 radical (unpaired) electrons. The lowest BCUT2D eigenvalue weighted by molar-refractivity contribution is 0.102. The second kappa shape index (κ2) is 5.70. The van der Waals surface area contributed by atoms with E-state index in [0.29, 0.717) is 6.04 Å². The van der Waals surface area contributed by atoms with Gasteiger partial charge in [-0.25, -0.2) is 0 Å². The molecule has 1 saturated heterocycles. The molecule has 1 aliphatic heterocycles. The zero-order valence-electron chi connectivity index (χ0n) is 11.6. The third kappa shape index (κ3) is 2.73. The molecule has 1 heterocycles. The Hall–Kier alpha value is -0.770. The topological polar surface area (TPSA) is 6.48 Å². The van der Waals surface area contributed by atoms with Crippen molar-refractivity contribution in [2.24, 2.45) is 0 Å². The zero-order chi connectivity index (χ0) is 13.2. The monoisotopic (exact) mass is 274 g/mol. The van der Waals surface area contributed by atoms with Crippen molar-refractivity contribution >= 4 is 17.6 Å². The molecule has 1 aliphatic carbocycles. The van der Waals surface area contributed by atoms with E-state index in [4.69, 9.17) is 12.2 Å². The lowest BCUT2D eigenvalue weighted by Crippen LogP contribution is -2.46. The average Bonchev–Trinajstić information content (AvgIpc) is 2.47. The van der Waals surface area contributed by atoms with Gasteiger partial charge in [0.1, 0.15) is 0 Å². The second-order valence-corrected chi connectivity index (χ2v) is 6.06. The summed E-state index contributed by atoms with van der Waals surface area (Å²) < 4.78 is 0. The fourth-order valence-corrected chi connectivity index (χ4v) is 3.53. The van der Waals surface area contributed by atoms with Gasteiger partial charge >= 0.3 is 0 Å². The number of nitrogens with zero attached hydrogens (tertiary/aromatic N) is 2. The minimum Gasteiger partial charge on any atom is -0.304 e. The molecular formula is C16H22N2S. The molecule has 0 spiro atoms. The van der Waals surface area contributed by atoms with Gasteiger partial charge < -0.3 is 4.90 Å². The smallest absolute Gasteiger partial charge is 0.0352 e. The van der Waals surface area contributed by atoms with Crippen LogP contribution in [0.5, 0.6) is 0 Å². The Morgan fingerprint density at radius 2 is 2.00 bits per heavy atom. The number of hydrogen-bond donors (Lipinski definition) is 0. The Morgan fingerprint density at radius 1 is 1.21 bits per heavy atom. The summed E-state index contributed by atoms with van der Waals surface area (Å²) in [7, 11) is 2.22. The van der Waals surface area contributed by atoms with Crippen molar-refractivity contribution in [3.05, 3.63) is 34.9 Å². The Bertz CT molecular complexity index is 464. The highest BCUT2D eigenvalue weighted by molar-refractivity contribution is 7.79. The Morgan fingerprint density at radius 3 is 2.74 bits per heavy atom. The van der Waals surface area contributed by atoms with Crippen LogP contribution in [0.15, 0.2) is 18.2 Å². The Kier molecular flexibility index (Phi) is 3.96. The fourth-order valence-electron chi connectivity index (χ4n) is 3.38. The van der Waals surface area contributed by atoms with Crippen molar-refractivity contribution in [2.45, 2.75) is 25.3 Å². The van der Waals surface area contributed by atoms with E-state index < -0.39 is 0 Å². The summed E-state index contributed by atoms with van der Waals surface area (Å²) >= 11 is 5.09. The lowest BCUT2D eigenvalue weighted by Gasteiger charge is -2.40. The van der Waals surface area contributed by atoms with Gasteiger partial charge in [-0.2, -0.15) is 0 Å². The van der Waals surface area contributed by atoms with Crippen LogP contribution in [0.4, 0.5) is 0 Å². The molecule has 102 valence electrons. The van der Waals surface area contributed by atoms with Gasteiger partial charge in [0.2, 0.25) is 0 Å². The van der Waals surface area contributed by atoms with Crippen LogP contribution in [0.1, 0.15) is 35.6 Å². The molecule has 1 aromatic carbocycles. The van der Waals surface area contributed by atoms with Gasteiger partial charge in [0.05, 0.1) is 0 Å². The van der Waals surface area contributed by atoms with Gasteiger partial charge in [0.25, 0.3) is 0 Å². The first-order valence-electron chi connectivity index (χ1n) is 7.28. The molecule has 19 heavy (non-hydrogen) atoms. The molecule has 3 rings (SSSR count). The highest BCUT2D eigenvalue weighted by Crippen LogP contribution is 2.35. The standard InChI is InChI=1S/C16H22N2S/c1-17-7-9-18(10-8-17)16-4-2-3-14-6-5-13(12-19)11-15(14)16/h5-6,11-12,16H,2-4,7-10H2,1H3. The number of benzene rings is 1. The van der Waals surface area contributed by atoms with Crippen molar-refractivity contribution in [3.63, 3.8) is 0 Å². The molecule has 0 amide bonds. The van der Waals surface area contributed by atoms with Crippen LogP contribution in [0.3, 0.4) is 0 Å². The molecule has 1 aromatic rings. The molecule has 1 fully saturated rings. The maximum absolute atomic E-state index is 5.09. The van der Waals surface area contributed by atoms with Gasteiger partial charge in [-0.1, -0.05) is 24.4 Å². The number of aryl methyl sites for hydroxylation is 1. The summed E-state index contributed by atoms with van der Waals surface area (Å²) in [5, 5.41) is 1.80. The molecule has 1 atom stereocenters. The summed E-state index contributed by atoms with van der Waals surface area (Å²) in [5.74, 6) is 0. The first-order valence-corrected chi connectivity index (χ1v) is 7.75. The number of thiocarbonyl (C=S) groups is 1. The first-order chi connectivity index (χ1) is 9.28. The maximum Gasteiger partial charge on any atom is 0.0352 e. The molecule has 0 N–H and O–H groups in total. The van der Waals surface area contributed by atoms with Crippen LogP contribution in [0, 0.1) is 0 Å². The highest BCUT2D eigenvalue weighted by Gasteiger charge is 2.27. The van der Waals surface area contributed by atoms with Gasteiger partial charge in [-0.3, -0.25) is 4.90 Å². The van der Waals surface area contributed by atoms with Crippen LogP contribution in [-0.2, 0) is 6.42 Å². The SMILES string of the molecule is CN1CCN(C2CCCc3ccc(C=S)cc32)CC1. The zero-order valence-corrected chi connectivity index (χ0v) is 12.5. The van der Waals surface area contributed by atoms with Crippen molar-refractivity contribution < 1.29 is 0 Å². The van der Waals surface area contributed by atoms with Crippen molar-refractivity contribution in [1.29, 1.82) is 0 Å². The number of likely N-dealkylation sites (N-methyl/N-ethyl adjacent to an activating group) is 1. The van der Waals surface area contributed by atoms with Crippen LogP contribution in [0.25, 0.3) is 0 Å². The molecular weight excluding hydrogens is 252 g/mol. The quantitative estimate of drug-likeness (QED) is 0.766. The third-order valence-corrected chi connectivity index (χ3v) is 4.84. The highest BCUT2D eigenvalue weighted by atomic mass is 32.1. The van der Waals surface area contributed by atoms with E-state index >= 15 is 0 Å². The number of fused-ring (bicyclic) bond motifs is 1. The Balaban J connectivity index is 1.86. The van der Waals surface area contributed by atoms with E-state index in [1.54, 1.807) is 5.37 Å².